The van der Waals surface area contributed by atoms with E-state index in [1.165, 1.54) is 6.08 Å². The molecule has 0 bridgehead atoms. The summed E-state index contributed by atoms with van der Waals surface area (Å²) in [6, 6.07) is 13.8. The fourth-order valence-corrected chi connectivity index (χ4v) is 2.16. The topological polar surface area (TPSA) is 73.9 Å². The number of carbonyl (C=O) groups is 2. The van der Waals surface area contributed by atoms with E-state index in [0.717, 1.165) is 0 Å². The van der Waals surface area contributed by atoms with Gasteiger partial charge in [-0.15, -0.1) is 0 Å². The molecule has 136 valence electrons. The van der Waals surface area contributed by atoms with Crippen molar-refractivity contribution in [1.82, 2.24) is 5.48 Å². The van der Waals surface area contributed by atoms with Gasteiger partial charge >= 0.3 is 5.97 Å². The van der Waals surface area contributed by atoms with Crippen LogP contribution in [0.15, 0.2) is 54.6 Å². The van der Waals surface area contributed by atoms with Gasteiger partial charge in [-0.1, -0.05) is 30.3 Å². The molecule has 0 aliphatic heterocycles. The Labute approximate surface area is 152 Å². The molecule has 0 spiro atoms. The number of para-hydroxylation sites is 1. The van der Waals surface area contributed by atoms with Gasteiger partial charge in [0.15, 0.2) is 11.5 Å². The van der Waals surface area contributed by atoms with E-state index < -0.39 is 11.9 Å². The molecule has 6 nitrogen and oxygen atoms in total. The number of ether oxygens (including phenoxy) is 2. The SMILES string of the molecule is CCOc1cccc(C=CC(=O)NOC(=O)c2ccccc2)c1OCC. The molecule has 0 fully saturated rings. The van der Waals surface area contributed by atoms with E-state index in [9.17, 15) is 9.59 Å². The Kier molecular flexibility index (Phi) is 7.24. The van der Waals surface area contributed by atoms with E-state index >= 15 is 0 Å². The molecule has 2 rings (SSSR count). The van der Waals surface area contributed by atoms with Crippen LogP contribution >= 0.6 is 0 Å². The molecule has 1 N–H and O–H groups in total. The van der Waals surface area contributed by atoms with Crippen molar-refractivity contribution in [3.8, 4) is 11.5 Å². The zero-order chi connectivity index (χ0) is 18.8. The average molecular weight is 355 g/mol. The van der Waals surface area contributed by atoms with Crippen LogP contribution in [0.3, 0.4) is 0 Å². The Balaban J connectivity index is 2.01. The van der Waals surface area contributed by atoms with Gasteiger partial charge in [-0.3, -0.25) is 4.79 Å². The van der Waals surface area contributed by atoms with E-state index in [1.807, 2.05) is 13.8 Å². The highest BCUT2D eigenvalue weighted by Crippen LogP contribution is 2.32. The lowest BCUT2D eigenvalue weighted by atomic mass is 10.1. The second-order valence-electron chi connectivity index (χ2n) is 5.10. The van der Waals surface area contributed by atoms with Gasteiger partial charge < -0.3 is 14.3 Å². The molecule has 2 aromatic rings. The zero-order valence-electron chi connectivity index (χ0n) is 14.7. The van der Waals surface area contributed by atoms with Crippen LogP contribution in [0.5, 0.6) is 11.5 Å². The average Bonchev–Trinajstić information content (AvgIpc) is 2.67. The van der Waals surface area contributed by atoms with E-state index in [1.54, 1.807) is 54.6 Å². The van der Waals surface area contributed by atoms with Crippen molar-refractivity contribution >= 4 is 18.0 Å². The van der Waals surface area contributed by atoms with E-state index in [0.29, 0.717) is 35.8 Å². The number of carbonyl (C=O) groups excluding carboxylic acids is 2. The molecule has 0 unspecified atom stereocenters. The summed E-state index contributed by atoms with van der Waals surface area (Å²) in [4.78, 5) is 28.4. The molecule has 0 atom stereocenters. The molecule has 0 radical (unpaired) electrons. The van der Waals surface area contributed by atoms with Gasteiger partial charge in [-0.25, -0.2) is 4.79 Å². The molecule has 0 aliphatic carbocycles. The number of benzene rings is 2. The molecule has 0 heterocycles. The van der Waals surface area contributed by atoms with Crippen molar-refractivity contribution in [2.45, 2.75) is 13.8 Å². The lowest BCUT2D eigenvalue weighted by Crippen LogP contribution is -2.25. The molecule has 0 aliphatic rings. The van der Waals surface area contributed by atoms with Crippen molar-refractivity contribution in [3.63, 3.8) is 0 Å². The van der Waals surface area contributed by atoms with Crippen molar-refractivity contribution in [2.75, 3.05) is 13.2 Å². The first kappa shape index (κ1) is 19.1. The van der Waals surface area contributed by atoms with Gasteiger partial charge in [0.1, 0.15) is 0 Å². The number of nitrogens with one attached hydrogen (secondary N) is 1. The van der Waals surface area contributed by atoms with Crippen LogP contribution in [0, 0.1) is 0 Å². The second kappa shape index (κ2) is 9.88. The Hall–Kier alpha value is -3.28. The highest BCUT2D eigenvalue weighted by atomic mass is 16.7. The minimum absolute atomic E-state index is 0.347. The van der Waals surface area contributed by atoms with Crippen LogP contribution in [0.2, 0.25) is 0 Å². The Bertz CT molecular complexity index is 771. The van der Waals surface area contributed by atoms with Crippen molar-refractivity contribution in [1.29, 1.82) is 0 Å². The molecule has 0 saturated heterocycles. The summed E-state index contributed by atoms with van der Waals surface area (Å²) in [6.45, 7) is 4.72. The minimum atomic E-state index is -0.638. The lowest BCUT2D eigenvalue weighted by molar-refractivity contribution is -0.124. The van der Waals surface area contributed by atoms with Crippen LogP contribution in [0.1, 0.15) is 29.8 Å². The fourth-order valence-electron chi connectivity index (χ4n) is 2.16. The number of hydrogen-bond acceptors (Lipinski definition) is 5. The van der Waals surface area contributed by atoms with Crippen LogP contribution < -0.4 is 15.0 Å². The summed E-state index contributed by atoms with van der Waals surface area (Å²) in [7, 11) is 0. The monoisotopic (exact) mass is 355 g/mol. The Morgan fingerprint density at radius 3 is 2.38 bits per heavy atom. The number of rotatable bonds is 7. The predicted octanol–water partition coefficient (Wildman–Crippen LogP) is 3.39. The van der Waals surface area contributed by atoms with Gasteiger partial charge in [-0.05, 0) is 38.1 Å². The van der Waals surface area contributed by atoms with Gasteiger partial charge in [0.25, 0.3) is 5.91 Å². The van der Waals surface area contributed by atoms with Crippen molar-refractivity contribution in [3.05, 3.63) is 65.7 Å². The summed E-state index contributed by atoms with van der Waals surface area (Å²) >= 11 is 0. The summed E-state index contributed by atoms with van der Waals surface area (Å²) < 4.78 is 11.2. The zero-order valence-corrected chi connectivity index (χ0v) is 14.7. The maximum Gasteiger partial charge on any atom is 0.362 e. The maximum absolute atomic E-state index is 11.9. The lowest BCUT2D eigenvalue weighted by Gasteiger charge is -2.13. The molecule has 0 saturated carbocycles. The number of hydroxylamine groups is 1. The molecule has 26 heavy (non-hydrogen) atoms. The first-order valence-corrected chi connectivity index (χ1v) is 8.28. The second-order valence-corrected chi connectivity index (χ2v) is 5.10. The fraction of sp³-hybridized carbons (Fsp3) is 0.200. The predicted molar refractivity (Wildman–Crippen MR) is 97.8 cm³/mol. The highest BCUT2D eigenvalue weighted by molar-refractivity contribution is 5.94. The Morgan fingerprint density at radius 1 is 0.962 bits per heavy atom. The number of hydrogen-bond donors (Lipinski definition) is 1. The van der Waals surface area contributed by atoms with Crippen molar-refractivity contribution < 1.29 is 23.9 Å². The quantitative estimate of drug-likeness (QED) is 0.609. The van der Waals surface area contributed by atoms with Gasteiger partial charge in [0, 0.05) is 11.6 Å². The summed E-state index contributed by atoms with van der Waals surface area (Å²) in [5, 5.41) is 0. The first-order chi connectivity index (χ1) is 12.7. The van der Waals surface area contributed by atoms with Crippen LogP contribution in [0.4, 0.5) is 0 Å². The molecule has 0 aromatic heterocycles. The maximum atomic E-state index is 11.9. The summed E-state index contributed by atoms with van der Waals surface area (Å²) in [6.07, 6.45) is 2.82. The van der Waals surface area contributed by atoms with E-state index in [-0.39, 0.29) is 0 Å². The van der Waals surface area contributed by atoms with Crippen LogP contribution in [0.25, 0.3) is 6.08 Å². The third kappa shape index (κ3) is 5.37. The van der Waals surface area contributed by atoms with Gasteiger partial charge in [-0.2, -0.15) is 5.48 Å². The van der Waals surface area contributed by atoms with E-state index in [4.69, 9.17) is 14.3 Å². The molecule has 1 amide bonds. The van der Waals surface area contributed by atoms with Crippen LogP contribution in [-0.4, -0.2) is 25.1 Å². The molecule has 2 aromatic carbocycles. The summed E-state index contributed by atoms with van der Waals surface area (Å²) in [5.41, 5.74) is 3.12. The number of amides is 1. The molecular formula is C20H21NO5. The minimum Gasteiger partial charge on any atom is -0.490 e. The standard InChI is InChI=1S/C20H21NO5/c1-3-24-17-12-8-11-15(19(17)25-4-2)13-14-18(22)21-26-20(23)16-9-6-5-7-10-16/h5-14H,3-4H2,1-2H3,(H,21,22). The van der Waals surface area contributed by atoms with Gasteiger partial charge in [0.2, 0.25) is 0 Å². The normalized spacial score (nSPS) is 10.4. The van der Waals surface area contributed by atoms with E-state index in [2.05, 4.69) is 5.48 Å². The third-order valence-corrected chi connectivity index (χ3v) is 3.27. The Morgan fingerprint density at radius 2 is 1.69 bits per heavy atom. The molecule has 6 heteroatoms. The smallest absolute Gasteiger partial charge is 0.362 e. The van der Waals surface area contributed by atoms with Crippen molar-refractivity contribution in [2.24, 2.45) is 0 Å². The first-order valence-electron chi connectivity index (χ1n) is 8.28. The van der Waals surface area contributed by atoms with Crippen LogP contribution in [-0.2, 0) is 9.63 Å². The highest BCUT2D eigenvalue weighted by Gasteiger charge is 2.10. The molecular weight excluding hydrogens is 334 g/mol. The summed E-state index contributed by atoms with van der Waals surface area (Å²) in [5.74, 6) is -0.0474. The third-order valence-electron chi connectivity index (χ3n) is 3.27. The largest absolute Gasteiger partial charge is 0.490 e. The van der Waals surface area contributed by atoms with Gasteiger partial charge in [0.05, 0.1) is 18.8 Å².